The van der Waals surface area contributed by atoms with Crippen LogP contribution in [0, 0.1) is 35.5 Å². The first-order valence-electron chi connectivity index (χ1n) is 15.1. The van der Waals surface area contributed by atoms with E-state index in [-0.39, 0.29) is 0 Å². The Hall–Kier alpha value is 0. The van der Waals surface area contributed by atoms with Crippen LogP contribution in [0.4, 0.5) is 0 Å². The first kappa shape index (κ1) is 29.0. The van der Waals surface area contributed by atoms with E-state index < -0.39 is 0 Å². The van der Waals surface area contributed by atoms with Crippen LogP contribution in [0.25, 0.3) is 0 Å². The maximum absolute atomic E-state index is 2.34. The highest BCUT2D eigenvalue weighted by Gasteiger charge is 2.33. The highest BCUT2D eigenvalue weighted by Crippen LogP contribution is 2.44. The van der Waals surface area contributed by atoms with Crippen LogP contribution in [0.5, 0.6) is 0 Å². The largest absolute Gasteiger partial charge is 0.0654 e. The fourth-order valence-corrected chi connectivity index (χ4v) is 6.46. The van der Waals surface area contributed by atoms with Crippen molar-refractivity contribution >= 4 is 0 Å². The van der Waals surface area contributed by atoms with Crippen LogP contribution in [0.3, 0.4) is 0 Å². The van der Waals surface area contributed by atoms with E-state index in [1.807, 2.05) is 0 Å². The van der Waals surface area contributed by atoms with Gasteiger partial charge in [-0.15, -0.1) is 0 Å². The van der Waals surface area contributed by atoms with Crippen LogP contribution in [-0.4, -0.2) is 0 Å². The fraction of sp³-hybridized carbons (Fsp3) is 1.00. The third-order valence-corrected chi connectivity index (χ3v) is 8.81. The molecule has 4 unspecified atom stereocenters. The third kappa shape index (κ3) is 13.3. The molecular formula is C31H62. The Morgan fingerprint density at radius 1 is 0.419 bits per heavy atom. The Morgan fingerprint density at radius 2 is 0.935 bits per heavy atom. The molecule has 3 aliphatic carbocycles. The highest BCUT2D eigenvalue weighted by atomic mass is 14.4. The lowest BCUT2D eigenvalue weighted by Crippen LogP contribution is -2.14. The SMILES string of the molecule is CCCC1CC1CC.CCCC1CCC(CCC)CC1.CCCCC1CCC(CC)C1. The molecule has 3 aliphatic rings. The first-order valence-corrected chi connectivity index (χ1v) is 15.1. The van der Waals surface area contributed by atoms with Gasteiger partial charge < -0.3 is 0 Å². The summed E-state index contributed by atoms with van der Waals surface area (Å²) in [5.74, 6) is 6.60. The van der Waals surface area contributed by atoms with E-state index in [2.05, 4.69) is 41.5 Å². The summed E-state index contributed by atoms with van der Waals surface area (Å²) in [5, 5.41) is 0. The third-order valence-electron chi connectivity index (χ3n) is 8.81. The van der Waals surface area contributed by atoms with E-state index in [1.165, 1.54) is 122 Å². The first-order chi connectivity index (χ1) is 15.1. The molecule has 186 valence electrons. The van der Waals surface area contributed by atoms with Crippen LogP contribution in [0.1, 0.15) is 164 Å². The molecule has 0 aliphatic heterocycles. The smallest absolute Gasteiger partial charge is 0.0383 e. The normalized spacial score (nSPS) is 31.9. The van der Waals surface area contributed by atoms with Gasteiger partial charge in [-0.05, 0) is 48.3 Å². The summed E-state index contributed by atoms with van der Waals surface area (Å²) in [6.07, 6.45) is 28.0. The molecule has 4 atom stereocenters. The van der Waals surface area contributed by atoms with Crippen LogP contribution < -0.4 is 0 Å². The quantitative estimate of drug-likeness (QED) is 0.303. The van der Waals surface area contributed by atoms with Gasteiger partial charge >= 0.3 is 0 Å². The Morgan fingerprint density at radius 3 is 1.32 bits per heavy atom. The lowest BCUT2D eigenvalue weighted by molar-refractivity contribution is 0.251. The fourth-order valence-electron chi connectivity index (χ4n) is 6.46. The van der Waals surface area contributed by atoms with Gasteiger partial charge in [-0.25, -0.2) is 0 Å². The van der Waals surface area contributed by atoms with Crippen LogP contribution >= 0.6 is 0 Å². The van der Waals surface area contributed by atoms with Crippen molar-refractivity contribution < 1.29 is 0 Å². The van der Waals surface area contributed by atoms with Gasteiger partial charge in [-0.1, -0.05) is 151 Å². The van der Waals surface area contributed by atoms with Crippen LogP contribution in [0.2, 0.25) is 0 Å². The molecule has 0 bridgehead atoms. The van der Waals surface area contributed by atoms with Crippen molar-refractivity contribution in [2.45, 2.75) is 164 Å². The second kappa shape index (κ2) is 18.4. The van der Waals surface area contributed by atoms with E-state index in [1.54, 1.807) is 0 Å². The molecule has 0 aromatic heterocycles. The molecule has 0 saturated heterocycles. The Bertz CT molecular complexity index is 363. The van der Waals surface area contributed by atoms with Crippen molar-refractivity contribution in [2.75, 3.05) is 0 Å². The zero-order chi connectivity index (χ0) is 22.9. The zero-order valence-corrected chi connectivity index (χ0v) is 22.9. The van der Waals surface area contributed by atoms with Gasteiger partial charge in [0.15, 0.2) is 0 Å². The molecule has 0 aromatic carbocycles. The van der Waals surface area contributed by atoms with Gasteiger partial charge in [0.25, 0.3) is 0 Å². The second-order valence-corrected chi connectivity index (χ2v) is 11.5. The van der Waals surface area contributed by atoms with E-state index >= 15 is 0 Å². The van der Waals surface area contributed by atoms with Crippen molar-refractivity contribution in [3.63, 3.8) is 0 Å². The number of hydrogen-bond acceptors (Lipinski definition) is 0. The lowest BCUT2D eigenvalue weighted by Gasteiger charge is -2.27. The number of unbranched alkanes of at least 4 members (excludes halogenated alkanes) is 1. The maximum Gasteiger partial charge on any atom is -0.0383 e. The van der Waals surface area contributed by atoms with E-state index in [0.29, 0.717) is 0 Å². The molecule has 0 aromatic rings. The molecule has 0 N–H and O–H groups in total. The summed E-state index contributed by atoms with van der Waals surface area (Å²) in [7, 11) is 0. The summed E-state index contributed by atoms with van der Waals surface area (Å²) in [6, 6.07) is 0. The van der Waals surface area contributed by atoms with Gasteiger partial charge in [-0.2, -0.15) is 0 Å². The topological polar surface area (TPSA) is 0 Å². The molecular weight excluding hydrogens is 372 g/mol. The van der Waals surface area contributed by atoms with E-state index in [9.17, 15) is 0 Å². The standard InChI is InChI=1S/C12H24.C11H22.C8H16/c1-3-5-11-7-9-12(6-4-2)10-8-11;1-3-5-6-11-8-7-10(4-2)9-11;1-3-5-8-6-7(8)4-2/h11-12H,3-10H2,1-2H3;10-11H,3-9H2,1-2H3;7-8H,3-6H2,1-2H3. The molecule has 0 spiro atoms. The van der Waals surface area contributed by atoms with Crippen molar-refractivity contribution in [1.29, 1.82) is 0 Å². The highest BCUT2D eigenvalue weighted by molar-refractivity contribution is 4.84. The molecule has 0 amide bonds. The molecule has 0 heteroatoms. The molecule has 3 rings (SSSR count). The molecule has 0 heterocycles. The summed E-state index contributed by atoms with van der Waals surface area (Å²) < 4.78 is 0. The Labute approximate surface area is 199 Å². The van der Waals surface area contributed by atoms with Crippen molar-refractivity contribution in [3.8, 4) is 0 Å². The molecule has 31 heavy (non-hydrogen) atoms. The lowest BCUT2D eigenvalue weighted by atomic mass is 9.78. The predicted octanol–water partition coefficient (Wildman–Crippen LogP) is 11.2. The summed E-state index contributed by atoms with van der Waals surface area (Å²) >= 11 is 0. The minimum absolute atomic E-state index is 1.08. The second-order valence-electron chi connectivity index (χ2n) is 11.5. The predicted molar refractivity (Wildman–Crippen MR) is 143 cm³/mol. The van der Waals surface area contributed by atoms with Gasteiger partial charge in [0.1, 0.15) is 0 Å². The summed E-state index contributed by atoms with van der Waals surface area (Å²) in [5.41, 5.74) is 0. The van der Waals surface area contributed by atoms with Crippen LogP contribution in [-0.2, 0) is 0 Å². The average molecular weight is 435 g/mol. The van der Waals surface area contributed by atoms with Crippen LogP contribution in [0.15, 0.2) is 0 Å². The average Bonchev–Trinajstić information content (AvgIpc) is 3.39. The molecule has 3 fully saturated rings. The van der Waals surface area contributed by atoms with Gasteiger partial charge in [-0.3, -0.25) is 0 Å². The molecule has 0 radical (unpaired) electrons. The Kier molecular flexibility index (Phi) is 17.3. The minimum atomic E-state index is 1.08. The monoisotopic (exact) mass is 434 g/mol. The van der Waals surface area contributed by atoms with E-state index in [0.717, 1.165) is 35.5 Å². The van der Waals surface area contributed by atoms with Crippen molar-refractivity contribution in [3.05, 3.63) is 0 Å². The maximum atomic E-state index is 2.34. The van der Waals surface area contributed by atoms with Crippen molar-refractivity contribution in [1.82, 2.24) is 0 Å². The zero-order valence-electron chi connectivity index (χ0n) is 22.9. The van der Waals surface area contributed by atoms with Gasteiger partial charge in [0, 0.05) is 0 Å². The van der Waals surface area contributed by atoms with E-state index in [4.69, 9.17) is 0 Å². The molecule has 3 saturated carbocycles. The summed E-state index contributed by atoms with van der Waals surface area (Å²) in [6.45, 7) is 13.9. The Balaban J connectivity index is 0.000000237. The van der Waals surface area contributed by atoms with Crippen molar-refractivity contribution in [2.24, 2.45) is 35.5 Å². The minimum Gasteiger partial charge on any atom is -0.0654 e. The number of rotatable bonds is 11. The number of hydrogen-bond donors (Lipinski definition) is 0. The van der Waals surface area contributed by atoms with Gasteiger partial charge in [0.05, 0.1) is 0 Å². The molecule has 0 nitrogen and oxygen atoms in total. The van der Waals surface area contributed by atoms with Gasteiger partial charge in [0.2, 0.25) is 0 Å². The summed E-state index contributed by atoms with van der Waals surface area (Å²) in [4.78, 5) is 0.